The molecule has 0 fully saturated rings. The van der Waals surface area contributed by atoms with Crippen molar-refractivity contribution in [3.05, 3.63) is 52.2 Å². The number of thiophene rings is 1. The highest BCUT2D eigenvalue weighted by molar-refractivity contribution is 7.11. The SMILES string of the molecule is Cc1ccsc1C=NN(C)c1ccccc1. The Morgan fingerprint density at radius 2 is 1.94 bits per heavy atom. The highest BCUT2D eigenvalue weighted by Gasteiger charge is 1.98. The molecule has 0 amide bonds. The molecule has 0 saturated heterocycles. The Morgan fingerprint density at radius 3 is 2.56 bits per heavy atom. The molecule has 1 aromatic carbocycles. The van der Waals surface area contributed by atoms with Crippen LogP contribution in [0.1, 0.15) is 10.4 Å². The number of benzene rings is 1. The molecule has 0 bridgehead atoms. The molecule has 0 aliphatic carbocycles. The van der Waals surface area contributed by atoms with Gasteiger partial charge in [0, 0.05) is 11.9 Å². The summed E-state index contributed by atoms with van der Waals surface area (Å²) in [5.41, 5.74) is 2.36. The maximum atomic E-state index is 4.42. The minimum atomic E-state index is 1.09. The monoisotopic (exact) mass is 230 g/mol. The van der Waals surface area contributed by atoms with Crippen LogP contribution in [0.4, 0.5) is 5.69 Å². The van der Waals surface area contributed by atoms with Gasteiger partial charge >= 0.3 is 0 Å². The van der Waals surface area contributed by atoms with Gasteiger partial charge in [-0.05, 0) is 36.1 Å². The Labute approximate surface area is 99.8 Å². The van der Waals surface area contributed by atoms with Crippen LogP contribution in [-0.4, -0.2) is 13.3 Å². The van der Waals surface area contributed by atoms with Gasteiger partial charge in [-0.25, -0.2) is 0 Å². The zero-order chi connectivity index (χ0) is 11.4. The first-order valence-corrected chi connectivity index (χ1v) is 6.02. The van der Waals surface area contributed by atoms with Gasteiger partial charge in [-0.2, -0.15) is 5.10 Å². The summed E-state index contributed by atoms with van der Waals surface area (Å²) in [6.45, 7) is 2.10. The molecule has 0 atom stereocenters. The van der Waals surface area contributed by atoms with Gasteiger partial charge in [0.05, 0.1) is 11.9 Å². The number of anilines is 1. The average Bonchev–Trinajstić information content (AvgIpc) is 2.73. The van der Waals surface area contributed by atoms with E-state index in [1.807, 2.05) is 48.6 Å². The summed E-state index contributed by atoms with van der Waals surface area (Å²) >= 11 is 1.71. The third-order valence-corrected chi connectivity index (χ3v) is 3.33. The van der Waals surface area contributed by atoms with E-state index in [9.17, 15) is 0 Å². The number of hydrazone groups is 1. The minimum absolute atomic E-state index is 1.09. The van der Waals surface area contributed by atoms with Crippen molar-refractivity contribution in [3.8, 4) is 0 Å². The fourth-order valence-electron chi connectivity index (χ4n) is 1.37. The van der Waals surface area contributed by atoms with Gasteiger partial charge < -0.3 is 0 Å². The zero-order valence-corrected chi connectivity index (χ0v) is 10.2. The molecule has 0 aliphatic heterocycles. The zero-order valence-electron chi connectivity index (χ0n) is 9.42. The van der Waals surface area contributed by atoms with Crippen molar-refractivity contribution < 1.29 is 0 Å². The van der Waals surface area contributed by atoms with Crippen LogP contribution < -0.4 is 5.01 Å². The first-order valence-electron chi connectivity index (χ1n) is 5.14. The third kappa shape index (κ3) is 2.49. The molecule has 0 N–H and O–H groups in total. The van der Waals surface area contributed by atoms with Gasteiger partial charge in [-0.3, -0.25) is 5.01 Å². The fourth-order valence-corrected chi connectivity index (χ4v) is 2.15. The van der Waals surface area contributed by atoms with E-state index >= 15 is 0 Å². The Bertz CT molecular complexity index is 474. The molecule has 0 radical (unpaired) electrons. The van der Waals surface area contributed by atoms with Crippen LogP contribution in [0.25, 0.3) is 0 Å². The third-order valence-electron chi connectivity index (χ3n) is 2.38. The largest absolute Gasteiger partial charge is 0.269 e. The lowest BCUT2D eigenvalue weighted by atomic mass is 10.3. The first-order chi connectivity index (χ1) is 7.77. The number of nitrogens with zero attached hydrogens (tertiary/aromatic N) is 2. The summed E-state index contributed by atoms with van der Waals surface area (Å²) in [5.74, 6) is 0. The Balaban J connectivity index is 2.11. The first kappa shape index (κ1) is 10.9. The molecular formula is C13H14N2S. The topological polar surface area (TPSA) is 15.6 Å². The molecule has 1 heterocycles. The molecule has 2 rings (SSSR count). The fraction of sp³-hybridized carbons (Fsp3) is 0.154. The molecule has 0 aliphatic rings. The van der Waals surface area contributed by atoms with Crippen molar-refractivity contribution >= 4 is 23.2 Å². The minimum Gasteiger partial charge on any atom is -0.269 e. The molecule has 2 aromatic rings. The summed E-state index contributed by atoms with van der Waals surface area (Å²) in [7, 11) is 1.95. The normalized spacial score (nSPS) is 10.9. The van der Waals surface area contributed by atoms with Crippen LogP contribution in [0.15, 0.2) is 46.9 Å². The lowest BCUT2D eigenvalue weighted by Gasteiger charge is -2.11. The van der Waals surface area contributed by atoms with E-state index in [0.29, 0.717) is 0 Å². The van der Waals surface area contributed by atoms with Gasteiger partial charge in [0.1, 0.15) is 0 Å². The molecule has 0 unspecified atom stereocenters. The Kier molecular flexibility index (Phi) is 3.37. The van der Waals surface area contributed by atoms with Crippen molar-refractivity contribution in [3.63, 3.8) is 0 Å². The molecule has 0 spiro atoms. The van der Waals surface area contributed by atoms with Crippen LogP contribution in [0, 0.1) is 6.92 Å². The van der Waals surface area contributed by atoms with Crippen LogP contribution >= 0.6 is 11.3 Å². The standard InChI is InChI=1S/C13H14N2S/c1-11-8-9-16-13(11)10-14-15(2)12-6-4-3-5-7-12/h3-10H,1-2H3. The number of para-hydroxylation sites is 1. The van der Waals surface area contributed by atoms with Gasteiger partial charge in [-0.1, -0.05) is 18.2 Å². The molecule has 16 heavy (non-hydrogen) atoms. The quantitative estimate of drug-likeness (QED) is 0.582. The molecule has 3 heteroatoms. The van der Waals surface area contributed by atoms with Crippen molar-refractivity contribution in [2.75, 3.05) is 12.1 Å². The van der Waals surface area contributed by atoms with E-state index < -0.39 is 0 Å². The van der Waals surface area contributed by atoms with Crippen molar-refractivity contribution in [1.29, 1.82) is 0 Å². The number of rotatable bonds is 3. The van der Waals surface area contributed by atoms with Crippen LogP contribution in [0.5, 0.6) is 0 Å². The Hall–Kier alpha value is -1.61. The van der Waals surface area contributed by atoms with Crippen molar-refractivity contribution in [1.82, 2.24) is 0 Å². The smallest absolute Gasteiger partial charge is 0.0649 e. The van der Waals surface area contributed by atoms with E-state index in [1.54, 1.807) is 11.3 Å². The molecular weight excluding hydrogens is 216 g/mol. The maximum Gasteiger partial charge on any atom is 0.0649 e. The van der Waals surface area contributed by atoms with Crippen molar-refractivity contribution in [2.45, 2.75) is 6.92 Å². The van der Waals surface area contributed by atoms with E-state index in [1.165, 1.54) is 10.4 Å². The predicted molar refractivity (Wildman–Crippen MR) is 71.5 cm³/mol. The van der Waals surface area contributed by atoms with Gasteiger partial charge in [-0.15, -0.1) is 11.3 Å². The highest BCUT2D eigenvalue weighted by atomic mass is 32.1. The second-order valence-electron chi connectivity index (χ2n) is 3.57. The summed E-state index contributed by atoms with van der Waals surface area (Å²) < 4.78 is 0. The highest BCUT2D eigenvalue weighted by Crippen LogP contribution is 2.14. The van der Waals surface area contributed by atoms with E-state index in [-0.39, 0.29) is 0 Å². The molecule has 82 valence electrons. The van der Waals surface area contributed by atoms with E-state index in [4.69, 9.17) is 0 Å². The Morgan fingerprint density at radius 1 is 1.19 bits per heavy atom. The molecule has 1 aromatic heterocycles. The van der Waals surface area contributed by atoms with Gasteiger partial charge in [0.2, 0.25) is 0 Å². The van der Waals surface area contributed by atoms with Gasteiger partial charge in [0.15, 0.2) is 0 Å². The molecule has 2 nitrogen and oxygen atoms in total. The lowest BCUT2D eigenvalue weighted by molar-refractivity contribution is 1.02. The maximum absolute atomic E-state index is 4.42. The summed E-state index contributed by atoms with van der Waals surface area (Å²) in [5, 5.41) is 8.37. The second kappa shape index (κ2) is 4.94. The summed E-state index contributed by atoms with van der Waals surface area (Å²) in [4.78, 5) is 1.21. The van der Waals surface area contributed by atoms with Crippen LogP contribution in [0.2, 0.25) is 0 Å². The van der Waals surface area contributed by atoms with Crippen molar-refractivity contribution in [2.24, 2.45) is 5.10 Å². The van der Waals surface area contributed by atoms with Crippen LogP contribution in [-0.2, 0) is 0 Å². The van der Waals surface area contributed by atoms with Crippen LogP contribution in [0.3, 0.4) is 0 Å². The number of aryl methyl sites for hydroxylation is 1. The number of hydrogen-bond donors (Lipinski definition) is 0. The predicted octanol–water partition coefficient (Wildman–Crippen LogP) is 3.53. The number of hydrogen-bond acceptors (Lipinski definition) is 3. The summed E-state index contributed by atoms with van der Waals surface area (Å²) in [6, 6.07) is 12.2. The van der Waals surface area contributed by atoms with Gasteiger partial charge in [0.25, 0.3) is 0 Å². The average molecular weight is 230 g/mol. The van der Waals surface area contributed by atoms with E-state index in [0.717, 1.165) is 5.69 Å². The second-order valence-corrected chi connectivity index (χ2v) is 4.52. The van der Waals surface area contributed by atoms with E-state index in [2.05, 4.69) is 23.5 Å². The molecule has 0 saturated carbocycles. The lowest BCUT2D eigenvalue weighted by Crippen LogP contribution is -2.08. The summed E-state index contributed by atoms with van der Waals surface area (Å²) in [6.07, 6.45) is 1.91.